The van der Waals surface area contributed by atoms with E-state index in [2.05, 4.69) is 48.3 Å². The zero-order valence-corrected chi connectivity index (χ0v) is 30.6. The summed E-state index contributed by atoms with van der Waals surface area (Å²) < 4.78 is 0. The number of amides is 3. The Morgan fingerprint density at radius 3 is 2.22 bits per heavy atom. The summed E-state index contributed by atoms with van der Waals surface area (Å²) in [6.45, 7) is 9.45. The van der Waals surface area contributed by atoms with Crippen molar-refractivity contribution in [3.63, 3.8) is 0 Å². The summed E-state index contributed by atoms with van der Waals surface area (Å²) in [5.74, 6) is -0.0462. The van der Waals surface area contributed by atoms with Crippen LogP contribution in [-0.2, 0) is 33.9 Å². The van der Waals surface area contributed by atoms with E-state index in [1.54, 1.807) is 10.2 Å². The Morgan fingerprint density at radius 2 is 1.59 bits per heavy atom. The number of primary amides is 1. The molecular weight excluding hydrogens is 612 g/mol. The highest BCUT2D eigenvalue weighted by molar-refractivity contribution is 5.88. The molecule has 4 N–H and O–H groups in total. The Morgan fingerprint density at radius 1 is 0.939 bits per heavy atom. The maximum absolute atomic E-state index is 14.0. The summed E-state index contributed by atoms with van der Waals surface area (Å²) in [6, 6.07) is 17.4. The number of rotatable bonds is 19. The lowest BCUT2D eigenvalue weighted by molar-refractivity contribution is -0.618. The van der Waals surface area contributed by atoms with Gasteiger partial charge in [0.15, 0.2) is 0 Å². The number of aliphatic hydroxyl groups excluding tert-OH is 1. The van der Waals surface area contributed by atoms with Crippen molar-refractivity contribution in [2.75, 3.05) is 20.1 Å². The Kier molecular flexibility index (Phi) is 15.8. The van der Waals surface area contributed by atoms with Gasteiger partial charge in [-0.1, -0.05) is 114 Å². The molecule has 1 fully saturated rings. The number of carbonyl (C=O) groups excluding carboxylic acids is 3. The second kappa shape index (κ2) is 19.9. The van der Waals surface area contributed by atoms with E-state index in [9.17, 15) is 19.5 Å². The highest BCUT2D eigenvalue weighted by atomic mass is 16.3. The topological polar surface area (TPSA) is 107 Å². The third kappa shape index (κ3) is 12.6. The minimum Gasteiger partial charge on any atom is -0.387 e. The van der Waals surface area contributed by atoms with Crippen LogP contribution in [0.2, 0.25) is 0 Å². The fraction of sp³-hybridized carbons (Fsp3) is 0.634. The van der Waals surface area contributed by atoms with Crippen molar-refractivity contribution in [1.82, 2.24) is 15.1 Å². The predicted molar refractivity (Wildman–Crippen MR) is 195 cm³/mol. The first-order valence-corrected chi connectivity index (χ1v) is 19.1. The van der Waals surface area contributed by atoms with Gasteiger partial charge in [-0.15, -0.1) is 0 Å². The molecule has 4 rings (SSSR count). The lowest BCUT2D eigenvalue weighted by Crippen LogP contribution is -2.98. The molecular formula is C41H63N4O4+. The quantitative estimate of drug-likeness (QED) is 0.189. The Balaban J connectivity index is 1.40. The molecule has 1 unspecified atom stereocenters. The Hall–Kier alpha value is -3.07. The molecule has 2 aliphatic rings. The molecule has 2 aromatic rings. The number of nitrogens with two attached hydrogens (primary N) is 1. The molecule has 0 saturated heterocycles. The zero-order valence-electron chi connectivity index (χ0n) is 30.6. The minimum absolute atomic E-state index is 0.0708. The van der Waals surface area contributed by atoms with Gasteiger partial charge in [-0.2, -0.15) is 0 Å². The third-order valence-electron chi connectivity index (χ3n) is 10.7. The smallest absolute Gasteiger partial charge is 0.333 e. The number of carbonyl (C=O) groups is 3. The summed E-state index contributed by atoms with van der Waals surface area (Å²) in [4.78, 5) is 45.6. The van der Waals surface area contributed by atoms with E-state index in [1.165, 1.54) is 30.4 Å². The van der Waals surface area contributed by atoms with E-state index in [-0.39, 0.29) is 30.2 Å². The number of nitrogens with one attached hydrogen (secondary N) is 1. The van der Waals surface area contributed by atoms with Gasteiger partial charge in [0.2, 0.25) is 11.8 Å². The number of benzene rings is 2. The lowest BCUT2D eigenvalue weighted by atomic mass is 9.83. The number of hydrogen-bond donors (Lipinski definition) is 3. The summed E-state index contributed by atoms with van der Waals surface area (Å²) in [5.41, 5.74) is 3.67. The first-order chi connectivity index (χ1) is 23.6. The average Bonchev–Trinajstić information content (AvgIpc) is 3.52. The monoisotopic (exact) mass is 675 g/mol. The van der Waals surface area contributed by atoms with Gasteiger partial charge < -0.3 is 15.3 Å². The van der Waals surface area contributed by atoms with Crippen LogP contribution in [0, 0.1) is 17.8 Å². The molecule has 1 aliphatic heterocycles. The van der Waals surface area contributed by atoms with Crippen molar-refractivity contribution < 1.29 is 24.8 Å². The van der Waals surface area contributed by atoms with Gasteiger partial charge in [0, 0.05) is 46.1 Å². The molecule has 3 amide bonds. The van der Waals surface area contributed by atoms with E-state index < -0.39 is 18.1 Å². The van der Waals surface area contributed by atoms with Crippen LogP contribution in [-0.4, -0.2) is 71.0 Å². The van der Waals surface area contributed by atoms with Crippen molar-refractivity contribution in [2.45, 2.75) is 129 Å². The van der Waals surface area contributed by atoms with Crippen molar-refractivity contribution in [2.24, 2.45) is 17.8 Å². The van der Waals surface area contributed by atoms with E-state index in [4.69, 9.17) is 0 Å². The van der Waals surface area contributed by atoms with Crippen LogP contribution < -0.4 is 10.6 Å². The summed E-state index contributed by atoms with van der Waals surface area (Å²) >= 11 is 0. The number of hydrogen-bond acceptors (Lipinski definition) is 5. The molecule has 1 saturated carbocycles. The summed E-state index contributed by atoms with van der Waals surface area (Å²) in [7, 11) is 1.82. The highest BCUT2D eigenvalue weighted by Crippen LogP contribution is 2.28. The van der Waals surface area contributed by atoms with Crippen molar-refractivity contribution >= 4 is 17.7 Å². The summed E-state index contributed by atoms with van der Waals surface area (Å²) in [5, 5.41) is 16.1. The number of likely N-dealkylation sites (N-methyl/N-ethyl adjacent to an activating group) is 1. The molecule has 4 atom stereocenters. The van der Waals surface area contributed by atoms with E-state index >= 15 is 0 Å². The molecule has 0 aromatic heterocycles. The van der Waals surface area contributed by atoms with E-state index in [0.29, 0.717) is 37.6 Å². The maximum Gasteiger partial charge on any atom is 0.333 e. The Bertz CT molecular complexity index is 1290. The van der Waals surface area contributed by atoms with Gasteiger partial charge in [0.1, 0.15) is 18.2 Å². The van der Waals surface area contributed by atoms with Crippen LogP contribution >= 0.6 is 0 Å². The Labute approximate surface area is 295 Å². The van der Waals surface area contributed by atoms with Crippen LogP contribution in [0.25, 0.3) is 0 Å². The SMILES string of the molecule is CCC[C@H](NC(=O)[C@@H](CC(=O)N(C)CCN1Cc2ccccc2C1)Cc1ccccc1)C(=O)[NH2+]C(CC1CCCCC1)[C@@H](O)CCC(C)C. The van der Waals surface area contributed by atoms with Crippen molar-refractivity contribution in [3.05, 3.63) is 71.3 Å². The van der Waals surface area contributed by atoms with Crippen LogP contribution in [0.3, 0.4) is 0 Å². The fourth-order valence-electron chi connectivity index (χ4n) is 7.55. The molecule has 8 heteroatoms. The molecule has 0 radical (unpaired) electrons. The molecule has 1 heterocycles. The molecule has 2 aromatic carbocycles. The first-order valence-electron chi connectivity index (χ1n) is 19.1. The average molecular weight is 676 g/mol. The second-order valence-electron chi connectivity index (χ2n) is 15.2. The van der Waals surface area contributed by atoms with E-state index in [1.807, 2.05) is 44.3 Å². The highest BCUT2D eigenvalue weighted by Gasteiger charge is 2.35. The van der Waals surface area contributed by atoms with Crippen LogP contribution in [0.1, 0.15) is 108 Å². The zero-order chi connectivity index (χ0) is 35.2. The molecule has 270 valence electrons. The number of quaternary nitrogens is 1. The minimum atomic E-state index is -0.674. The molecule has 1 aliphatic carbocycles. The normalized spacial score (nSPS) is 17.7. The van der Waals surface area contributed by atoms with Crippen LogP contribution in [0.4, 0.5) is 0 Å². The largest absolute Gasteiger partial charge is 0.387 e. The van der Waals surface area contributed by atoms with Gasteiger partial charge in [-0.25, -0.2) is 4.79 Å². The molecule has 0 spiro atoms. The second-order valence-corrected chi connectivity index (χ2v) is 15.2. The first kappa shape index (κ1) is 38.7. The lowest BCUT2D eigenvalue weighted by Gasteiger charge is -2.29. The van der Waals surface area contributed by atoms with Crippen molar-refractivity contribution in [3.8, 4) is 0 Å². The van der Waals surface area contributed by atoms with Crippen LogP contribution in [0.5, 0.6) is 0 Å². The maximum atomic E-state index is 14.0. The standard InChI is InChI=1S/C41H62N4O4/c1-5-14-36(41(49)43-37(38(46)22-21-30(2)3)26-32-17-10-7-11-18-32)42-40(48)35(25-31-15-8-6-9-16-31)27-39(47)44(4)23-24-45-28-33-19-12-13-20-34(33)29-45/h6,8-9,12-13,15-16,19-20,30,32,35-38,46H,5,7,10-11,14,17-18,21-29H2,1-4H3,(H,42,48)(H,43,49)/p+1/t35-,36+,37?,38+/m1/s1. The van der Waals surface area contributed by atoms with Gasteiger partial charge in [-0.3, -0.25) is 19.8 Å². The van der Waals surface area contributed by atoms with Crippen molar-refractivity contribution in [1.29, 1.82) is 0 Å². The number of fused-ring (bicyclic) bond motifs is 1. The summed E-state index contributed by atoms with van der Waals surface area (Å²) in [6.07, 6.45) is 9.57. The molecule has 0 bridgehead atoms. The fourth-order valence-corrected chi connectivity index (χ4v) is 7.55. The molecule has 8 nitrogen and oxygen atoms in total. The van der Waals surface area contributed by atoms with Gasteiger partial charge in [0.05, 0.1) is 5.92 Å². The van der Waals surface area contributed by atoms with Gasteiger partial charge >= 0.3 is 5.91 Å². The van der Waals surface area contributed by atoms with Gasteiger partial charge in [-0.05, 0) is 54.2 Å². The number of nitrogens with zero attached hydrogens (tertiary/aromatic N) is 2. The predicted octanol–water partition coefficient (Wildman–Crippen LogP) is 5.22. The molecule has 49 heavy (non-hydrogen) atoms. The number of aliphatic hydroxyl groups is 1. The van der Waals surface area contributed by atoms with Gasteiger partial charge in [0.25, 0.3) is 0 Å². The third-order valence-corrected chi connectivity index (χ3v) is 10.7. The van der Waals surface area contributed by atoms with E-state index in [0.717, 1.165) is 57.3 Å². The van der Waals surface area contributed by atoms with Crippen LogP contribution in [0.15, 0.2) is 54.6 Å².